The molecule has 2 aliphatic heterocycles. The van der Waals surface area contributed by atoms with Crippen molar-refractivity contribution >= 4 is 17.7 Å². The lowest BCUT2D eigenvalue weighted by Gasteiger charge is -2.29. The van der Waals surface area contributed by atoms with Gasteiger partial charge in [0.15, 0.2) is 0 Å². The number of carbonyl (C=O) groups excluding carboxylic acids is 1. The fourth-order valence-electron chi connectivity index (χ4n) is 2.45. The highest BCUT2D eigenvalue weighted by atomic mass is 32.2. The first-order valence-electron chi connectivity index (χ1n) is 5.14. The summed E-state index contributed by atoms with van der Waals surface area (Å²) in [4.78, 5) is 11.9. The quantitative estimate of drug-likeness (QED) is 0.748. The number of rotatable bonds is 2. The van der Waals surface area contributed by atoms with Gasteiger partial charge in [-0.05, 0) is 30.8 Å². The second-order valence-corrected chi connectivity index (χ2v) is 5.45. The Morgan fingerprint density at radius 3 is 2.93 bits per heavy atom. The van der Waals surface area contributed by atoms with Crippen LogP contribution in [0.25, 0.3) is 0 Å². The Kier molecular flexibility index (Phi) is 3.02. The first-order chi connectivity index (χ1) is 6.77. The number of methoxy groups -OCH3 is 1. The van der Waals surface area contributed by atoms with Crippen molar-refractivity contribution in [1.82, 2.24) is 5.32 Å². The summed E-state index contributed by atoms with van der Waals surface area (Å²) in [6, 6.07) is 0.246. The Bertz CT molecular complexity index is 226. The first-order valence-corrected chi connectivity index (χ1v) is 6.30. The van der Waals surface area contributed by atoms with E-state index in [9.17, 15) is 4.79 Å². The van der Waals surface area contributed by atoms with Gasteiger partial charge in [-0.15, -0.1) is 0 Å². The maximum absolute atomic E-state index is 11.9. The van der Waals surface area contributed by atoms with Crippen molar-refractivity contribution in [3.63, 3.8) is 0 Å². The zero-order valence-electron chi connectivity index (χ0n) is 8.54. The van der Waals surface area contributed by atoms with Crippen molar-refractivity contribution in [2.75, 3.05) is 25.2 Å². The highest BCUT2D eigenvalue weighted by molar-refractivity contribution is 7.99. The lowest BCUT2D eigenvalue weighted by molar-refractivity contribution is -0.128. The van der Waals surface area contributed by atoms with Crippen LogP contribution in [0.3, 0.4) is 0 Å². The summed E-state index contributed by atoms with van der Waals surface area (Å²) >= 11 is 1.96. The average molecular weight is 215 g/mol. The number of ether oxygens (including phenoxy) is 1. The summed E-state index contributed by atoms with van der Waals surface area (Å²) in [5.41, 5.74) is -0.0472. The molecule has 1 unspecified atom stereocenters. The molecular formula is C10H17NO2S. The molecule has 2 saturated heterocycles. The van der Waals surface area contributed by atoms with E-state index >= 15 is 0 Å². The molecule has 1 atom stereocenters. The Morgan fingerprint density at radius 1 is 1.57 bits per heavy atom. The molecule has 0 aromatic rings. The van der Waals surface area contributed by atoms with Gasteiger partial charge < -0.3 is 10.1 Å². The molecule has 0 saturated carbocycles. The van der Waals surface area contributed by atoms with Crippen molar-refractivity contribution in [2.45, 2.75) is 25.3 Å². The molecule has 0 aliphatic carbocycles. The van der Waals surface area contributed by atoms with E-state index in [4.69, 9.17) is 4.74 Å². The van der Waals surface area contributed by atoms with Gasteiger partial charge in [-0.25, -0.2) is 0 Å². The number of carbonyl (C=O) groups is 1. The van der Waals surface area contributed by atoms with E-state index in [1.54, 1.807) is 7.11 Å². The van der Waals surface area contributed by atoms with Gasteiger partial charge in [-0.2, -0.15) is 11.8 Å². The van der Waals surface area contributed by atoms with Crippen LogP contribution in [0.1, 0.15) is 19.3 Å². The zero-order valence-corrected chi connectivity index (χ0v) is 9.36. The highest BCUT2D eigenvalue weighted by Gasteiger charge is 2.46. The molecule has 1 spiro atoms. The molecule has 3 nitrogen and oxygen atoms in total. The minimum absolute atomic E-state index is 0.0472. The normalized spacial score (nSPS) is 30.6. The van der Waals surface area contributed by atoms with E-state index in [0.29, 0.717) is 6.61 Å². The summed E-state index contributed by atoms with van der Waals surface area (Å²) in [5.74, 6) is 2.53. The van der Waals surface area contributed by atoms with Crippen molar-refractivity contribution in [2.24, 2.45) is 5.41 Å². The van der Waals surface area contributed by atoms with Gasteiger partial charge in [0, 0.05) is 7.11 Å². The molecule has 14 heavy (non-hydrogen) atoms. The Morgan fingerprint density at radius 2 is 2.29 bits per heavy atom. The highest BCUT2D eigenvalue weighted by Crippen LogP contribution is 2.42. The topological polar surface area (TPSA) is 38.3 Å². The standard InChI is InChI=1S/C10H17NO2S/c1-13-7-8-6-10(9(12)11-8)2-4-14-5-3-10/h8H,2-7H2,1H3,(H,11,12). The molecule has 0 aromatic heterocycles. The SMILES string of the molecule is COCC1CC2(CCSCC2)C(=O)N1. The van der Waals surface area contributed by atoms with Crippen LogP contribution in [0.15, 0.2) is 0 Å². The fourth-order valence-corrected chi connectivity index (χ4v) is 3.72. The molecule has 0 bridgehead atoms. The Balaban J connectivity index is 2.01. The number of thioether (sulfide) groups is 1. The van der Waals surface area contributed by atoms with Crippen LogP contribution in [0.4, 0.5) is 0 Å². The van der Waals surface area contributed by atoms with Crippen molar-refractivity contribution in [1.29, 1.82) is 0 Å². The van der Waals surface area contributed by atoms with Crippen LogP contribution in [-0.4, -0.2) is 37.2 Å². The number of hydrogen-bond donors (Lipinski definition) is 1. The number of amides is 1. The molecule has 1 N–H and O–H groups in total. The summed E-state index contributed by atoms with van der Waals surface area (Å²) in [6.45, 7) is 0.653. The van der Waals surface area contributed by atoms with Crippen LogP contribution >= 0.6 is 11.8 Å². The first kappa shape index (κ1) is 10.3. The number of nitrogens with one attached hydrogen (secondary N) is 1. The molecule has 2 aliphatic rings. The monoisotopic (exact) mass is 215 g/mol. The van der Waals surface area contributed by atoms with Gasteiger partial charge in [0.05, 0.1) is 18.1 Å². The van der Waals surface area contributed by atoms with E-state index in [1.165, 1.54) is 0 Å². The Labute approximate surface area is 89.0 Å². The molecule has 4 heteroatoms. The lowest BCUT2D eigenvalue weighted by Crippen LogP contribution is -2.35. The van der Waals surface area contributed by atoms with Gasteiger partial charge in [-0.1, -0.05) is 0 Å². The smallest absolute Gasteiger partial charge is 0.226 e. The van der Waals surface area contributed by atoms with Gasteiger partial charge >= 0.3 is 0 Å². The predicted molar refractivity (Wildman–Crippen MR) is 57.4 cm³/mol. The Hall–Kier alpha value is -0.220. The van der Waals surface area contributed by atoms with E-state index in [1.807, 2.05) is 11.8 Å². The molecule has 2 fully saturated rings. The maximum Gasteiger partial charge on any atom is 0.226 e. The van der Waals surface area contributed by atoms with E-state index in [0.717, 1.165) is 30.8 Å². The fraction of sp³-hybridized carbons (Fsp3) is 0.900. The second-order valence-electron chi connectivity index (χ2n) is 4.22. The van der Waals surface area contributed by atoms with Gasteiger partial charge in [0.1, 0.15) is 0 Å². The average Bonchev–Trinajstić information content (AvgIpc) is 2.45. The third kappa shape index (κ3) is 1.77. The molecular weight excluding hydrogens is 198 g/mol. The minimum atomic E-state index is -0.0472. The van der Waals surface area contributed by atoms with Crippen LogP contribution < -0.4 is 5.32 Å². The summed E-state index contributed by atoms with van der Waals surface area (Å²) in [7, 11) is 1.69. The third-order valence-corrected chi connectivity index (χ3v) is 4.26. The van der Waals surface area contributed by atoms with Gasteiger partial charge in [-0.3, -0.25) is 4.79 Å². The minimum Gasteiger partial charge on any atom is -0.383 e. The van der Waals surface area contributed by atoms with Crippen LogP contribution in [-0.2, 0) is 9.53 Å². The molecule has 80 valence electrons. The van der Waals surface area contributed by atoms with Crippen molar-refractivity contribution in [3.05, 3.63) is 0 Å². The molecule has 0 radical (unpaired) electrons. The van der Waals surface area contributed by atoms with Gasteiger partial charge in [0.25, 0.3) is 0 Å². The number of hydrogen-bond acceptors (Lipinski definition) is 3. The molecule has 0 aromatic carbocycles. The summed E-state index contributed by atoms with van der Waals surface area (Å²) < 4.78 is 5.09. The summed E-state index contributed by atoms with van der Waals surface area (Å²) in [6.07, 6.45) is 3.06. The van der Waals surface area contributed by atoms with Crippen LogP contribution in [0.2, 0.25) is 0 Å². The third-order valence-electron chi connectivity index (χ3n) is 3.27. The van der Waals surface area contributed by atoms with E-state index < -0.39 is 0 Å². The lowest BCUT2D eigenvalue weighted by atomic mass is 9.79. The van der Waals surface area contributed by atoms with Gasteiger partial charge in [0.2, 0.25) is 5.91 Å². The van der Waals surface area contributed by atoms with Crippen LogP contribution in [0.5, 0.6) is 0 Å². The largest absolute Gasteiger partial charge is 0.383 e. The van der Waals surface area contributed by atoms with Crippen LogP contribution in [0, 0.1) is 5.41 Å². The second kappa shape index (κ2) is 4.11. The predicted octanol–water partition coefficient (Wildman–Crippen LogP) is 1.03. The van der Waals surface area contributed by atoms with Crippen molar-refractivity contribution < 1.29 is 9.53 Å². The molecule has 1 amide bonds. The molecule has 2 heterocycles. The molecule has 2 rings (SSSR count). The van der Waals surface area contributed by atoms with E-state index in [-0.39, 0.29) is 17.4 Å². The van der Waals surface area contributed by atoms with Crippen molar-refractivity contribution in [3.8, 4) is 0 Å². The summed E-state index contributed by atoms with van der Waals surface area (Å²) in [5, 5.41) is 3.04. The maximum atomic E-state index is 11.9. The van der Waals surface area contributed by atoms with E-state index in [2.05, 4.69) is 5.32 Å². The zero-order chi connectivity index (χ0) is 10.0.